The number of nitrogens with one attached hydrogen (secondary N) is 2. The van der Waals surface area contributed by atoms with Crippen LogP contribution in [0, 0.1) is 0 Å². The average Bonchev–Trinajstić information content (AvgIpc) is 2.34. The van der Waals surface area contributed by atoms with E-state index in [1.54, 1.807) is 14.2 Å². The van der Waals surface area contributed by atoms with Crippen LogP contribution < -0.4 is 15.4 Å². The maximum Gasteiger partial charge on any atom is 0.254 e. The maximum absolute atomic E-state index is 11.9. The Balaban J connectivity index is 3.50. The van der Waals surface area contributed by atoms with Crippen molar-refractivity contribution in [3.8, 4) is 5.75 Å². The molecule has 18 heavy (non-hydrogen) atoms. The standard InChI is InChI=1S/C14H22N2O2/c1-14(2,3)9-7-10(13(17)16-5)12(18-6)11(8-9)15-4/h7-8,15H,1-6H3,(H,16,17). The third kappa shape index (κ3) is 2.75. The van der Waals surface area contributed by atoms with Gasteiger partial charge in [-0.15, -0.1) is 0 Å². The van der Waals surface area contributed by atoms with E-state index in [4.69, 9.17) is 4.74 Å². The van der Waals surface area contributed by atoms with Crippen molar-refractivity contribution in [3.63, 3.8) is 0 Å². The topological polar surface area (TPSA) is 50.4 Å². The van der Waals surface area contributed by atoms with Crippen molar-refractivity contribution in [3.05, 3.63) is 23.3 Å². The number of methoxy groups -OCH3 is 1. The van der Waals surface area contributed by atoms with Crippen molar-refractivity contribution in [1.29, 1.82) is 0 Å². The summed E-state index contributed by atoms with van der Waals surface area (Å²) in [6, 6.07) is 3.91. The highest BCUT2D eigenvalue weighted by molar-refractivity contribution is 5.99. The van der Waals surface area contributed by atoms with E-state index < -0.39 is 0 Å². The van der Waals surface area contributed by atoms with E-state index in [0.717, 1.165) is 11.3 Å². The van der Waals surface area contributed by atoms with Gasteiger partial charge in [0.2, 0.25) is 0 Å². The molecule has 0 aromatic heterocycles. The van der Waals surface area contributed by atoms with Crippen LogP contribution in [-0.2, 0) is 5.41 Å². The van der Waals surface area contributed by atoms with E-state index in [2.05, 4.69) is 31.4 Å². The molecule has 0 radical (unpaired) electrons. The van der Waals surface area contributed by atoms with Crippen LogP contribution in [0.15, 0.2) is 12.1 Å². The van der Waals surface area contributed by atoms with Gasteiger partial charge < -0.3 is 15.4 Å². The Morgan fingerprint density at radius 1 is 1.22 bits per heavy atom. The Labute approximate surface area is 109 Å². The predicted molar refractivity (Wildman–Crippen MR) is 74.6 cm³/mol. The SMILES string of the molecule is CNC(=O)c1cc(C(C)(C)C)cc(NC)c1OC. The van der Waals surface area contributed by atoms with Gasteiger partial charge in [-0.3, -0.25) is 4.79 Å². The number of anilines is 1. The van der Waals surface area contributed by atoms with Crippen LogP contribution in [0.5, 0.6) is 5.75 Å². The molecule has 1 rings (SSSR count). The molecule has 0 bridgehead atoms. The summed E-state index contributed by atoms with van der Waals surface area (Å²) in [5, 5.41) is 5.71. The van der Waals surface area contributed by atoms with Crippen molar-refractivity contribution >= 4 is 11.6 Å². The van der Waals surface area contributed by atoms with E-state index in [0.29, 0.717) is 11.3 Å². The summed E-state index contributed by atoms with van der Waals surface area (Å²) in [5.41, 5.74) is 2.44. The van der Waals surface area contributed by atoms with E-state index in [-0.39, 0.29) is 11.3 Å². The quantitative estimate of drug-likeness (QED) is 0.866. The highest BCUT2D eigenvalue weighted by Gasteiger charge is 2.21. The molecule has 2 N–H and O–H groups in total. The van der Waals surface area contributed by atoms with Gasteiger partial charge in [0.1, 0.15) is 0 Å². The van der Waals surface area contributed by atoms with Crippen molar-refractivity contribution in [2.45, 2.75) is 26.2 Å². The number of amides is 1. The molecule has 4 heteroatoms. The van der Waals surface area contributed by atoms with Crippen LogP contribution in [0.25, 0.3) is 0 Å². The highest BCUT2D eigenvalue weighted by Crippen LogP contribution is 2.34. The summed E-state index contributed by atoms with van der Waals surface area (Å²) >= 11 is 0. The van der Waals surface area contributed by atoms with Gasteiger partial charge in [0, 0.05) is 14.1 Å². The third-order valence-corrected chi connectivity index (χ3v) is 2.90. The van der Waals surface area contributed by atoms with Crippen molar-refractivity contribution < 1.29 is 9.53 Å². The van der Waals surface area contributed by atoms with Gasteiger partial charge >= 0.3 is 0 Å². The van der Waals surface area contributed by atoms with E-state index >= 15 is 0 Å². The first kappa shape index (κ1) is 14.4. The van der Waals surface area contributed by atoms with Crippen LogP contribution in [-0.4, -0.2) is 27.1 Å². The molecule has 1 aromatic rings. The summed E-state index contributed by atoms with van der Waals surface area (Å²) in [7, 11) is 5.00. The zero-order chi connectivity index (χ0) is 13.9. The number of rotatable bonds is 3. The number of benzene rings is 1. The molecule has 100 valence electrons. The fourth-order valence-corrected chi connectivity index (χ4v) is 1.77. The molecule has 0 fully saturated rings. The third-order valence-electron chi connectivity index (χ3n) is 2.90. The molecule has 0 spiro atoms. The van der Waals surface area contributed by atoms with E-state index in [1.165, 1.54) is 0 Å². The molecule has 4 nitrogen and oxygen atoms in total. The molecule has 0 aliphatic rings. The van der Waals surface area contributed by atoms with Gasteiger partial charge in [-0.05, 0) is 23.1 Å². The second-order valence-electron chi connectivity index (χ2n) is 5.18. The molecular formula is C14H22N2O2. The minimum Gasteiger partial charge on any atom is -0.494 e. The van der Waals surface area contributed by atoms with Gasteiger partial charge in [0.25, 0.3) is 5.91 Å². The normalized spacial score (nSPS) is 11.0. The molecule has 1 aromatic carbocycles. The predicted octanol–water partition coefficient (Wildman–Crippen LogP) is 2.39. The fraction of sp³-hybridized carbons (Fsp3) is 0.500. The molecule has 0 saturated carbocycles. The summed E-state index contributed by atoms with van der Waals surface area (Å²) in [5.74, 6) is 0.430. The van der Waals surface area contributed by atoms with Crippen molar-refractivity contribution in [2.75, 3.05) is 26.5 Å². The summed E-state index contributed by atoms with van der Waals surface area (Å²) in [6.07, 6.45) is 0. The number of carbonyl (C=O) groups is 1. The van der Waals surface area contributed by atoms with Gasteiger partial charge in [-0.25, -0.2) is 0 Å². The smallest absolute Gasteiger partial charge is 0.254 e. The molecule has 1 amide bonds. The van der Waals surface area contributed by atoms with Crippen LogP contribution >= 0.6 is 0 Å². The number of carbonyl (C=O) groups excluding carboxylic acids is 1. The van der Waals surface area contributed by atoms with Crippen LogP contribution in [0.2, 0.25) is 0 Å². The molecule has 0 unspecified atom stereocenters. The fourth-order valence-electron chi connectivity index (χ4n) is 1.77. The lowest BCUT2D eigenvalue weighted by molar-refractivity contribution is 0.0960. The molecule has 0 aliphatic carbocycles. The number of ether oxygens (including phenoxy) is 1. The Morgan fingerprint density at radius 2 is 1.83 bits per heavy atom. The van der Waals surface area contributed by atoms with Gasteiger partial charge in [-0.1, -0.05) is 20.8 Å². The second kappa shape index (κ2) is 5.29. The Bertz CT molecular complexity index is 448. The minimum absolute atomic E-state index is 0.0271. The average molecular weight is 250 g/mol. The van der Waals surface area contributed by atoms with Crippen LogP contribution in [0.3, 0.4) is 0 Å². The van der Waals surface area contributed by atoms with E-state index in [1.807, 2.05) is 19.2 Å². The van der Waals surface area contributed by atoms with Gasteiger partial charge in [0.05, 0.1) is 18.4 Å². The summed E-state index contributed by atoms with van der Waals surface area (Å²) in [6.45, 7) is 6.34. The molecule has 0 saturated heterocycles. The van der Waals surface area contributed by atoms with Crippen molar-refractivity contribution in [2.24, 2.45) is 0 Å². The zero-order valence-electron chi connectivity index (χ0n) is 12.0. The Kier molecular flexibility index (Phi) is 4.22. The van der Waals surface area contributed by atoms with Gasteiger partial charge in [-0.2, -0.15) is 0 Å². The largest absolute Gasteiger partial charge is 0.494 e. The van der Waals surface area contributed by atoms with Crippen LogP contribution in [0.4, 0.5) is 5.69 Å². The lowest BCUT2D eigenvalue weighted by atomic mass is 9.85. The molecule has 0 atom stereocenters. The first-order chi connectivity index (χ1) is 8.35. The molecule has 0 aliphatic heterocycles. The monoisotopic (exact) mass is 250 g/mol. The number of hydrogen-bond acceptors (Lipinski definition) is 3. The summed E-state index contributed by atoms with van der Waals surface area (Å²) in [4.78, 5) is 11.9. The molecular weight excluding hydrogens is 228 g/mol. The van der Waals surface area contributed by atoms with Crippen LogP contribution in [0.1, 0.15) is 36.7 Å². The lowest BCUT2D eigenvalue weighted by Crippen LogP contribution is -2.21. The Morgan fingerprint density at radius 3 is 2.22 bits per heavy atom. The molecule has 0 heterocycles. The zero-order valence-corrected chi connectivity index (χ0v) is 12.0. The highest BCUT2D eigenvalue weighted by atomic mass is 16.5. The second-order valence-corrected chi connectivity index (χ2v) is 5.18. The first-order valence-electron chi connectivity index (χ1n) is 5.97. The minimum atomic E-state index is -0.144. The van der Waals surface area contributed by atoms with E-state index in [9.17, 15) is 4.79 Å². The van der Waals surface area contributed by atoms with Gasteiger partial charge in [0.15, 0.2) is 5.75 Å². The van der Waals surface area contributed by atoms with Crippen molar-refractivity contribution in [1.82, 2.24) is 5.32 Å². The summed E-state index contributed by atoms with van der Waals surface area (Å²) < 4.78 is 5.33. The number of hydrogen-bond donors (Lipinski definition) is 2. The maximum atomic E-state index is 11.9. The first-order valence-corrected chi connectivity index (χ1v) is 5.97. The lowest BCUT2D eigenvalue weighted by Gasteiger charge is -2.23. The Hall–Kier alpha value is -1.71.